The maximum absolute atomic E-state index is 12.7. The average Bonchev–Trinajstić information content (AvgIpc) is 2.78. The lowest BCUT2D eigenvalue weighted by Gasteiger charge is -2.33. The van der Waals surface area contributed by atoms with Gasteiger partial charge >= 0.3 is 0 Å². The molecule has 1 heterocycles. The van der Waals surface area contributed by atoms with Gasteiger partial charge in [-0.15, -0.1) is 0 Å². The standard InChI is InChI=1S/C21H24N2O2/c1-15-21(17-9-4-3-5-10-17)18-11-7-6-8-16(18)12-13-23(15)20(25)14-19(24)22-2/h3-11,15,21H,12-14H2,1-2H3,(H,22,24). The molecule has 0 aliphatic carbocycles. The molecule has 0 spiro atoms. The van der Waals surface area contributed by atoms with Crippen LogP contribution in [-0.4, -0.2) is 36.3 Å². The minimum Gasteiger partial charge on any atom is -0.359 e. The molecule has 1 aliphatic rings. The fraction of sp³-hybridized carbons (Fsp3) is 0.333. The largest absolute Gasteiger partial charge is 0.359 e. The Hall–Kier alpha value is -2.62. The molecule has 0 fully saturated rings. The molecule has 3 rings (SSSR count). The molecule has 0 saturated heterocycles. The minimum atomic E-state index is -0.241. The van der Waals surface area contributed by atoms with Gasteiger partial charge in [0.05, 0.1) is 0 Å². The normalized spacial score (nSPS) is 19.7. The van der Waals surface area contributed by atoms with Crippen LogP contribution in [0.1, 0.15) is 36.0 Å². The maximum atomic E-state index is 12.7. The maximum Gasteiger partial charge on any atom is 0.232 e. The zero-order valence-electron chi connectivity index (χ0n) is 14.7. The summed E-state index contributed by atoms with van der Waals surface area (Å²) in [5, 5.41) is 2.54. The molecule has 130 valence electrons. The first-order valence-electron chi connectivity index (χ1n) is 8.74. The van der Waals surface area contributed by atoms with E-state index < -0.39 is 0 Å². The van der Waals surface area contributed by atoms with Crippen LogP contribution in [0, 0.1) is 0 Å². The summed E-state index contributed by atoms with van der Waals surface area (Å²) in [6.45, 7) is 2.72. The Balaban J connectivity index is 1.99. The number of hydrogen-bond acceptors (Lipinski definition) is 2. The van der Waals surface area contributed by atoms with Crippen molar-refractivity contribution in [2.75, 3.05) is 13.6 Å². The van der Waals surface area contributed by atoms with Crippen LogP contribution in [0.5, 0.6) is 0 Å². The van der Waals surface area contributed by atoms with Crippen molar-refractivity contribution in [3.63, 3.8) is 0 Å². The Labute approximate surface area is 148 Å². The van der Waals surface area contributed by atoms with Crippen molar-refractivity contribution < 1.29 is 9.59 Å². The summed E-state index contributed by atoms with van der Waals surface area (Å²) in [4.78, 5) is 26.3. The summed E-state index contributed by atoms with van der Waals surface area (Å²) in [7, 11) is 1.56. The van der Waals surface area contributed by atoms with Crippen LogP contribution in [0.2, 0.25) is 0 Å². The van der Waals surface area contributed by atoms with Gasteiger partial charge in [0.2, 0.25) is 11.8 Å². The topological polar surface area (TPSA) is 49.4 Å². The highest BCUT2D eigenvalue weighted by molar-refractivity contribution is 5.97. The van der Waals surface area contributed by atoms with E-state index in [0.717, 1.165) is 6.42 Å². The van der Waals surface area contributed by atoms with Crippen LogP contribution in [0.3, 0.4) is 0 Å². The molecule has 2 aromatic rings. The van der Waals surface area contributed by atoms with E-state index in [0.29, 0.717) is 6.54 Å². The quantitative estimate of drug-likeness (QED) is 0.876. The first-order valence-corrected chi connectivity index (χ1v) is 8.74. The van der Waals surface area contributed by atoms with Gasteiger partial charge in [-0.05, 0) is 30.0 Å². The fourth-order valence-corrected chi connectivity index (χ4v) is 3.75. The van der Waals surface area contributed by atoms with E-state index in [1.807, 2.05) is 29.2 Å². The number of fused-ring (bicyclic) bond motifs is 1. The number of rotatable bonds is 3. The van der Waals surface area contributed by atoms with Crippen molar-refractivity contribution in [3.05, 3.63) is 71.3 Å². The van der Waals surface area contributed by atoms with Crippen LogP contribution in [-0.2, 0) is 16.0 Å². The number of amides is 2. The second-order valence-electron chi connectivity index (χ2n) is 6.51. The first-order chi connectivity index (χ1) is 12.1. The number of carbonyl (C=O) groups excluding carboxylic acids is 2. The highest BCUT2D eigenvalue weighted by Crippen LogP contribution is 2.35. The average molecular weight is 336 g/mol. The van der Waals surface area contributed by atoms with E-state index in [1.54, 1.807) is 7.05 Å². The van der Waals surface area contributed by atoms with Crippen molar-refractivity contribution in [2.24, 2.45) is 0 Å². The van der Waals surface area contributed by atoms with Crippen molar-refractivity contribution in [2.45, 2.75) is 31.7 Å². The van der Waals surface area contributed by atoms with Crippen molar-refractivity contribution >= 4 is 11.8 Å². The monoisotopic (exact) mass is 336 g/mol. The highest BCUT2D eigenvalue weighted by Gasteiger charge is 2.33. The Kier molecular flexibility index (Phi) is 5.17. The molecular formula is C21H24N2O2. The van der Waals surface area contributed by atoms with E-state index in [9.17, 15) is 9.59 Å². The van der Waals surface area contributed by atoms with E-state index in [2.05, 4.69) is 42.6 Å². The van der Waals surface area contributed by atoms with Gasteiger partial charge in [0.1, 0.15) is 6.42 Å². The van der Waals surface area contributed by atoms with Crippen molar-refractivity contribution in [1.29, 1.82) is 0 Å². The number of carbonyl (C=O) groups is 2. The Morgan fingerprint density at radius 3 is 2.48 bits per heavy atom. The molecule has 2 aromatic carbocycles. The molecular weight excluding hydrogens is 312 g/mol. The Bertz CT molecular complexity index is 758. The summed E-state index contributed by atoms with van der Waals surface area (Å²) in [5.41, 5.74) is 3.75. The molecule has 2 atom stereocenters. The molecule has 4 heteroatoms. The second kappa shape index (κ2) is 7.51. The van der Waals surface area contributed by atoms with Crippen LogP contribution < -0.4 is 5.32 Å². The Morgan fingerprint density at radius 2 is 1.76 bits per heavy atom. The van der Waals surface area contributed by atoms with Gasteiger partial charge in [0.15, 0.2) is 0 Å². The predicted octanol–water partition coefficient (Wildman–Crippen LogP) is 2.73. The molecule has 0 bridgehead atoms. The zero-order chi connectivity index (χ0) is 17.8. The SMILES string of the molecule is CNC(=O)CC(=O)N1CCc2ccccc2C(c2ccccc2)C1C. The summed E-state index contributed by atoms with van der Waals surface area (Å²) >= 11 is 0. The van der Waals surface area contributed by atoms with E-state index in [-0.39, 0.29) is 30.2 Å². The molecule has 0 saturated carbocycles. The molecule has 1 N–H and O–H groups in total. The first kappa shape index (κ1) is 17.2. The number of hydrogen-bond donors (Lipinski definition) is 1. The lowest BCUT2D eigenvalue weighted by atomic mass is 9.83. The molecule has 0 radical (unpaired) electrons. The van der Waals surface area contributed by atoms with E-state index in [1.165, 1.54) is 16.7 Å². The van der Waals surface area contributed by atoms with Crippen molar-refractivity contribution in [1.82, 2.24) is 10.2 Å². The number of nitrogens with one attached hydrogen (secondary N) is 1. The van der Waals surface area contributed by atoms with Crippen LogP contribution in [0.15, 0.2) is 54.6 Å². The Morgan fingerprint density at radius 1 is 1.08 bits per heavy atom. The van der Waals surface area contributed by atoms with E-state index in [4.69, 9.17) is 0 Å². The third-order valence-corrected chi connectivity index (χ3v) is 5.06. The molecule has 1 aliphatic heterocycles. The number of nitrogens with zero attached hydrogens (tertiary/aromatic N) is 1. The van der Waals surface area contributed by atoms with Gasteiger partial charge in [0, 0.05) is 25.6 Å². The van der Waals surface area contributed by atoms with Crippen LogP contribution in [0.4, 0.5) is 0 Å². The lowest BCUT2D eigenvalue weighted by Crippen LogP contribution is -2.43. The van der Waals surface area contributed by atoms with Gasteiger partial charge < -0.3 is 10.2 Å². The van der Waals surface area contributed by atoms with Gasteiger partial charge in [-0.3, -0.25) is 9.59 Å². The molecule has 4 nitrogen and oxygen atoms in total. The summed E-state index contributed by atoms with van der Waals surface area (Å²) < 4.78 is 0. The predicted molar refractivity (Wildman–Crippen MR) is 98.3 cm³/mol. The lowest BCUT2D eigenvalue weighted by molar-refractivity contribution is -0.137. The highest BCUT2D eigenvalue weighted by atomic mass is 16.2. The third kappa shape index (κ3) is 3.58. The fourth-order valence-electron chi connectivity index (χ4n) is 3.75. The molecule has 25 heavy (non-hydrogen) atoms. The summed E-state index contributed by atoms with van der Waals surface area (Å²) in [5.74, 6) is -0.246. The summed E-state index contributed by atoms with van der Waals surface area (Å²) in [6, 6.07) is 18.7. The second-order valence-corrected chi connectivity index (χ2v) is 6.51. The third-order valence-electron chi connectivity index (χ3n) is 5.06. The van der Waals surface area contributed by atoms with E-state index >= 15 is 0 Å². The minimum absolute atomic E-state index is 0.0109. The van der Waals surface area contributed by atoms with Crippen molar-refractivity contribution in [3.8, 4) is 0 Å². The summed E-state index contributed by atoms with van der Waals surface area (Å²) in [6.07, 6.45) is 0.710. The zero-order valence-corrected chi connectivity index (χ0v) is 14.7. The van der Waals surface area contributed by atoms with Crippen LogP contribution in [0.25, 0.3) is 0 Å². The molecule has 2 amide bonds. The van der Waals surface area contributed by atoms with Gasteiger partial charge in [-0.2, -0.15) is 0 Å². The smallest absolute Gasteiger partial charge is 0.232 e. The molecule has 0 aromatic heterocycles. The van der Waals surface area contributed by atoms with Crippen LogP contribution >= 0.6 is 0 Å². The van der Waals surface area contributed by atoms with Gasteiger partial charge in [-0.25, -0.2) is 0 Å². The molecule has 2 unspecified atom stereocenters. The van der Waals surface area contributed by atoms with Gasteiger partial charge in [0.25, 0.3) is 0 Å². The number of benzene rings is 2. The van der Waals surface area contributed by atoms with Gasteiger partial charge in [-0.1, -0.05) is 54.6 Å².